The number of ether oxygens (including phenoxy) is 1. The minimum absolute atomic E-state index is 0.0751. The zero-order chi connectivity index (χ0) is 21.1. The largest absolute Gasteiger partial charge is 0.497 e. The molecule has 7 nitrogen and oxygen atoms in total. The van der Waals surface area contributed by atoms with Gasteiger partial charge in [0.15, 0.2) is 5.13 Å². The molecule has 1 aliphatic carbocycles. The van der Waals surface area contributed by atoms with Gasteiger partial charge < -0.3 is 4.74 Å². The van der Waals surface area contributed by atoms with Gasteiger partial charge in [-0.15, -0.1) is 11.3 Å². The van der Waals surface area contributed by atoms with E-state index in [4.69, 9.17) is 4.74 Å². The summed E-state index contributed by atoms with van der Waals surface area (Å²) in [6, 6.07) is 12.5. The number of thiazole rings is 1. The average Bonchev–Trinajstić information content (AvgIpc) is 3.16. The number of fused-ring (bicyclic) bond motifs is 1. The van der Waals surface area contributed by atoms with E-state index in [2.05, 4.69) is 15.0 Å². The van der Waals surface area contributed by atoms with Crippen molar-refractivity contribution >= 4 is 38.1 Å². The summed E-state index contributed by atoms with van der Waals surface area (Å²) in [5.74, 6) is 0.147. The van der Waals surface area contributed by atoms with Crippen LogP contribution < -0.4 is 14.8 Å². The zero-order valence-electron chi connectivity index (χ0n) is 16.3. The molecule has 0 radical (unpaired) electrons. The van der Waals surface area contributed by atoms with Gasteiger partial charge >= 0.3 is 0 Å². The summed E-state index contributed by atoms with van der Waals surface area (Å²) >= 11 is 1.48. The highest BCUT2D eigenvalue weighted by Crippen LogP contribution is 2.30. The number of aromatic nitrogens is 1. The number of hydrogen-bond acceptors (Lipinski definition) is 6. The van der Waals surface area contributed by atoms with Crippen LogP contribution in [0.4, 0.5) is 10.8 Å². The number of rotatable bonds is 6. The van der Waals surface area contributed by atoms with E-state index in [9.17, 15) is 13.2 Å². The number of benzene rings is 2. The molecule has 0 aliphatic heterocycles. The molecule has 1 heterocycles. The third-order valence-corrected chi connectivity index (χ3v) is 7.31. The van der Waals surface area contributed by atoms with E-state index in [1.165, 1.54) is 35.5 Å². The Bertz CT molecular complexity index is 1150. The van der Waals surface area contributed by atoms with E-state index < -0.39 is 15.9 Å². The zero-order valence-corrected chi connectivity index (χ0v) is 18.0. The maximum absolute atomic E-state index is 12.9. The second-order valence-electron chi connectivity index (χ2n) is 6.88. The molecule has 156 valence electrons. The van der Waals surface area contributed by atoms with Crippen LogP contribution in [0.25, 0.3) is 0 Å². The molecule has 0 spiro atoms. The number of amides is 1. The molecule has 9 heteroatoms. The lowest BCUT2D eigenvalue weighted by molar-refractivity contribution is 0.102. The Morgan fingerprint density at radius 1 is 1.07 bits per heavy atom. The van der Waals surface area contributed by atoms with Gasteiger partial charge in [-0.25, -0.2) is 13.4 Å². The van der Waals surface area contributed by atoms with Crippen molar-refractivity contribution < 1.29 is 17.9 Å². The fraction of sp³-hybridized carbons (Fsp3) is 0.238. The van der Waals surface area contributed by atoms with E-state index >= 15 is 0 Å². The van der Waals surface area contributed by atoms with Crippen LogP contribution in [-0.4, -0.2) is 26.4 Å². The summed E-state index contributed by atoms with van der Waals surface area (Å²) in [7, 11) is -2.36. The van der Waals surface area contributed by atoms with E-state index in [1.54, 1.807) is 36.4 Å². The second kappa shape index (κ2) is 8.45. The smallest absolute Gasteiger partial charge is 0.261 e. The Balaban J connectivity index is 1.55. The van der Waals surface area contributed by atoms with Gasteiger partial charge in [-0.2, -0.15) is 0 Å². The molecule has 1 aliphatic rings. The van der Waals surface area contributed by atoms with Gasteiger partial charge in [-0.05, 0) is 62.1 Å². The lowest BCUT2D eigenvalue weighted by atomic mass is 10.0. The predicted octanol–water partition coefficient (Wildman–Crippen LogP) is 4.08. The van der Waals surface area contributed by atoms with Crippen LogP contribution in [0.5, 0.6) is 5.75 Å². The maximum Gasteiger partial charge on any atom is 0.261 e. The van der Waals surface area contributed by atoms with Crippen molar-refractivity contribution in [3.63, 3.8) is 0 Å². The van der Waals surface area contributed by atoms with Gasteiger partial charge in [0, 0.05) is 4.88 Å². The maximum atomic E-state index is 12.9. The van der Waals surface area contributed by atoms with Crippen molar-refractivity contribution in [3.05, 3.63) is 64.7 Å². The third-order valence-electron chi connectivity index (χ3n) is 4.85. The summed E-state index contributed by atoms with van der Waals surface area (Å²) in [4.78, 5) is 18.7. The summed E-state index contributed by atoms with van der Waals surface area (Å²) in [6.07, 6.45) is 4.17. The minimum atomic E-state index is -3.87. The number of anilines is 2. The number of aryl methyl sites for hydroxylation is 2. The number of methoxy groups -OCH3 is 1. The standard InChI is InChI=1S/C21H21N3O4S2/c1-28-14-10-12-15(13-11-14)30(26,27)24-17-7-3-2-6-16(17)20(25)23-21-22-18-8-4-5-9-19(18)29-21/h2-3,6-7,10-13,24H,4-5,8-9H2,1H3,(H,22,23,25). The lowest BCUT2D eigenvalue weighted by Gasteiger charge is -2.12. The molecule has 0 saturated carbocycles. The Morgan fingerprint density at radius 2 is 1.80 bits per heavy atom. The summed E-state index contributed by atoms with van der Waals surface area (Å²) in [6.45, 7) is 0. The van der Waals surface area contributed by atoms with Crippen LogP contribution in [0.3, 0.4) is 0 Å². The fourth-order valence-electron chi connectivity index (χ4n) is 3.30. The van der Waals surface area contributed by atoms with Gasteiger partial charge in [0.05, 0.1) is 29.0 Å². The number of hydrogen-bond donors (Lipinski definition) is 2. The number of sulfonamides is 1. The number of nitrogens with one attached hydrogen (secondary N) is 2. The highest BCUT2D eigenvalue weighted by molar-refractivity contribution is 7.92. The molecule has 0 fully saturated rings. The Kier molecular flexibility index (Phi) is 5.74. The summed E-state index contributed by atoms with van der Waals surface area (Å²) in [5, 5.41) is 3.35. The molecule has 0 bridgehead atoms. The van der Waals surface area contributed by atoms with Crippen molar-refractivity contribution in [2.45, 2.75) is 30.6 Å². The van der Waals surface area contributed by atoms with E-state index in [1.807, 2.05) is 0 Å². The van der Waals surface area contributed by atoms with E-state index in [-0.39, 0.29) is 16.1 Å². The topological polar surface area (TPSA) is 97.4 Å². The van der Waals surface area contributed by atoms with Gasteiger partial charge in [0.25, 0.3) is 15.9 Å². The monoisotopic (exact) mass is 443 g/mol. The van der Waals surface area contributed by atoms with Crippen molar-refractivity contribution in [1.29, 1.82) is 0 Å². The molecule has 0 unspecified atom stereocenters. The first-order chi connectivity index (χ1) is 14.5. The minimum Gasteiger partial charge on any atom is -0.497 e. The van der Waals surface area contributed by atoms with Gasteiger partial charge in [0.1, 0.15) is 5.75 Å². The number of para-hydroxylation sites is 1. The second-order valence-corrected chi connectivity index (χ2v) is 9.64. The molecular weight excluding hydrogens is 422 g/mol. The van der Waals surface area contributed by atoms with Crippen LogP contribution in [0.1, 0.15) is 33.8 Å². The highest BCUT2D eigenvalue weighted by Gasteiger charge is 2.21. The first kappa shape index (κ1) is 20.4. The molecule has 3 aromatic rings. The normalized spacial score (nSPS) is 13.4. The molecule has 2 aromatic carbocycles. The van der Waals surface area contributed by atoms with Crippen LogP contribution in [0.15, 0.2) is 53.4 Å². The number of carbonyl (C=O) groups excluding carboxylic acids is 1. The van der Waals surface area contributed by atoms with Crippen LogP contribution in [0, 0.1) is 0 Å². The van der Waals surface area contributed by atoms with Gasteiger partial charge in [0.2, 0.25) is 0 Å². The SMILES string of the molecule is COc1ccc(S(=O)(=O)Nc2ccccc2C(=O)Nc2nc3c(s2)CCCC3)cc1. The number of nitrogens with zero attached hydrogens (tertiary/aromatic N) is 1. The fourth-order valence-corrected chi connectivity index (χ4v) is 5.42. The lowest BCUT2D eigenvalue weighted by Crippen LogP contribution is -2.18. The van der Waals surface area contributed by atoms with E-state index in [0.29, 0.717) is 10.9 Å². The van der Waals surface area contributed by atoms with E-state index in [0.717, 1.165) is 31.4 Å². The van der Waals surface area contributed by atoms with Crippen LogP contribution >= 0.6 is 11.3 Å². The Hall–Kier alpha value is -2.91. The number of carbonyl (C=O) groups is 1. The molecule has 30 heavy (non-hydrogen) atoms. The quantitative estimate of drug-likeness (QED) is 0.598. The van der Waals surface area contributed by atoms with Gasteiger partial charge in [-0.3, -0.25) is 14.8 Å². The summed E-state index contributed by atoms with van der Waals surface area (Å²) in [5.41, 5.74) is 1.48. The molecule has 2 N–H and O–H groups in total. The molecule has 1 aromatic heterocycles. The molecule has 1 amide bonds. The van der Waals surface area contributed by atoms with Crippen molar-refractivity contribution in [2.75, 3.05) is 17.1 Å². The molecule has 0 atom stereocenters. The summed E-state index contributed by atoms with van der Waals surface area (Å²) < 4.78 is 33.1. The van der Waals surface area contributed by atoms with Gasteiger partial charge in [-0.1, -0.05) is 12.1 Å². The first-order valence-electron chi connectivity index (χ1n) is 9.52. The van der Waals surface area contributed by atoms with Crippen molar-refractivity contribution in [1.82, 2.24) is 4.98 Å². The predicted molar refractivity (Wildman–Crippen MR) is 117 cm³/mol. The van der Waals surface area contributed by atoms with Crippen LogP contribution in [0.2, 0.25) is 0 Å². The highest BCUT2D eigenvalue weighted by atomic mass is 32.2. The molecular formula is C21H21N3O4S2. The Labute approximate surface area is 179 Å². The van der Waals surface area contributed by atoms with Crippen molar-refractivity contribution in [3.8, 4) is 5.75 Å². The van der Waals surface area contributed by atoms with Crippen molar-refractivity contribution in [2.24, 2.45) is 0 Å². The Morgan fingerprint density at radius 3 is 2.53 bits per heavy atom. The third kappa shape index (κ3) is 4.31. The average molecular weight is 444 g/mol. The molecule has 0 saturated heterocycles. The van der Waals surface area contributed by atoms with Crippen LogP contribution in [-0.2, 0) is 22.9 Å². The molecule has 4 rings (SSSR count). The first-order valence-corrected chi connectivity index (χ1v) is 11.8.